The number of amides is 1. The van der Waals surface area contributed by atoms with Crippen LogP contribution in [-0.4, -0.2) is 32.6 Å². The van der Waals surface area contributed by atoms with Crippen LogP contribution in [0.5, 0.6) is 0 Å². The van der Waals surface area contributed by atoms with Crippen molar-refractivity contribution >= 4 is 23.4 Å². The van der Waals surface area contributed by atoms with Crippen molar-refractivity contribution in [1.29, 1.82) is 0 Å². The van der Waals surface area contributed by atoms with Crippen LogP contribution in [0.2, 0.25) is 0 Å². The highest BCUT2D eigenvalue weighted by atomic mass is 32.1. The van der Waals surface area contributed by atoms with Crippen LogP contribution in [0.4, 0.5) is 0 Å². The van der Waals surface area contributed by atoms with Gasteiger partial charge in [0.2, 0.25) is 0 Å². The molecule has 0 aliphatic heterocycles. The highest BCUT2D eigenvalue weighted by Gasteiger charge is 2.24. The van der Waals surface area contributed by atoms with Gasteiger partial charge in [-0.05, 0) is 30.3 Å². The molecule has 0 saturated carbocycles. The first-order valence-electron chi connectivity index (χ1n) is 6.30. The van der Waals surface area contributed by atoms with Gasteiger partial charge < -0.3 is 10.4 Å². The molecule has 1 unspecified atom stereocenters. The van der Waals surface area contributed by atoms with Crippen LogP contribution in [-0.2, 0) is 11.2 Å². The van der Waals surface area contributed by atoms with E-state index in [1.165, 1.54) is 0 Å². The average molecular weight is 285 g/mol. The molecular weight excluding hydrogens is 266 g/mol. The van der Waals surface area contributed by atoms with E-state index in [-0.39, 0.29) is 5.92 Å². The van der Waals surface area contributed by atoms with Crippen LogP contribution < -0.4 is 5.32 Å². The summed E-state index contributed by atoms with van der Waals surface area (Å²) in [7, 11) is 0. The van der Waals surface area contributed by atoms with Crippen molar-refractivity contribution in [1.82, 2.24) is 14.9 Å². The summed E-state index contributed by atoms with van der Waals surface area (Å²) in [6.07, 6.45) is 1.93. The number of carbonyl (C=O) groups is 2. The molecule has 0 saturated heterocycles. The van der Waals surface area contributed by atoms with E-state index in [1.807, 2.05) is 20.8 Å². The zero-order valence-electron chi connectivity index (χ0n) is 11.3. The molecule has 1 aromatic rings. The van der Waals surface area contributed by atoms with E-state index in [0.717, 1.165) is 18.0 Å². The highest BCUT2D eigenvalue weighted by Crippen LogP contribution is 2.13. The third-order valence-corrected chi connectivity index (χ3v) is 3.33. The van der Waals surface area contributed by atoms with Crippen molar-refractivity contribution in [3.8, 4) is 0 Å². The molecule has 0 spiro atoms. The van der Waals surface area contributed by atoms with E-state index < -0.39 is 17.9 Å². The number of nitrogens with zero attached hydrogens (tertiary/aromatic N) is 2. The van der Waals surface area contributed by atoms with Crippen LogP contribution in [0.1, 0.15) is 49.0 Å². The molecule has 0 fully saturated rings. The van der Waals surface area contributed by atoms with Crippen LogP contribution in [0.3, 0.4) is 0 Å². The van der Waals surface area contributed by atoms with Gasteiger partial charge in [-0.3, -0.25) is 4.79 Å². The van der Waals surface area contributed by atoms with E-state index >= 15 is 0 Å². The molecule has 0 radical (unpaired) electrons. The van der Waals surface area contributed by atoms with E-state index in [2.05, 4.69) is 14.9 Å². The summed E-state index contributed by atoms with van der Waals surface area (Å²) in [6, 6.07) is -0.871. The average Bonchev–Trinajstić information content (AvgIpc) is 2.76. The van der Waals surface area contributed by atoms with Gasteiger partial charge >= 0.3 is 5.97 Å². The molecule has 19 heavy (non-hydrogen) atoms. The summed E-state index contributed by atoms with van der Waals surface area (Å²) < 4.78 is 3.76. The standard InChI is InChI=1S/C12H19N3O3S/c1-4-5-8-10(19-15-14-8)11(16)13-9(12(17)18)6-7(2)3/h7,9H,4-6H2,1-3H3,(H,13,16)(H,17,18). The molecule has 7 heteroatoms. The van der Waals surface area contributed by atoms with E-state index in [1.54, 1.807) is 0 Å². The van der Waals surface area contributed by atoms with Gasteiger partial charge in [-0.1, -0.05) is 31.7 Å². The van der Waals surface area contributed by atoms with Gasteiger partial charge in [0.25, 0.3) is 5.91 Å². The Labute approximate surface area is 116 Å². The summed E-state index contributed by atoms with van der Waals surface area (Å²) in [4.78, 5) is 23.6. The largest absolute Gasteiger partial charge is 0.480 e. The summed E-state index contributed by atoms with van der Waals surface area (Å²) in [6.45, 7) is 5.82. The highest BCUT2D eigenvalue weighted by molar-refractivity contribution is 7.08. The molecule has 2 N–H and O–H groups in total. The maximum Gasteiger partial charge on any atom is 0.326 e. The number of carboxylic acid groups (broad SMARTS) is 1. The van der Waals surface area contributed by atoms with Crippen LogP contribution >= 0.6 is 11.5 Å². The lowest BCUT2D eigenvalue weighted by atomic mass is 10.0. The minimum Gasteiger partial charge on any atom is -0.480 e. The van der Waals surface area contributed by atoms with Gasteiger partial charge in [-0.2, -0.15) is 0 Å². The first-order chi connectivity index (χ1) is 8.95. The quantitative estimate of drug-likeness (QED) is 0.795. The van der Waals surface area contributed by atoms with Gasteiger partial charge in [-0.25, -0.2) is 4.79 Å². The summed E-state index contributed by atoms with van der Waals surface area (Å²) in [5, 5.41) is 15.5. The number of aromatic nitrogens is 2. The summed E-state index contributed by atoms with van der Waals surface area (Å²) >= 11 is 1.00. The number of rotatable bonds is 7. The molecule has 1 rings (SSSR count). The van der Waals surface area contributed by atoms with E-state index in [0.29, 0.717) is 23.4 Å². The second-order valence-corrected chi connectivity index (χ2v) is 5.55. The van der Waals surface area contributed by atoms with Crippen molar-refractivity contribution in [3.05, 3.63) is 10.6 Å². The Hall–Kier alpha value is -1.50. The second kappa shape index (κ2) is 7.18. The molecule has 0 aliphatic rings. The molecule has 6 nitrogen and oxygen atoms in total. The Bertz CT molecular complexity index is 445. The fourth-order valence-corrected chi connectivity index (χ4v) is 2.31. The number of nitrogens with one attached hydrogen (secondary N) is 1. The van der Waals surface area contributed by atoms with Crippen molar-refractivity contribution in [2.45, 2.75) is 46.1 Å². The zero-order valence-corrected chi connectivity index (χ0v) is 12.2. The van der Waals surface area contributed by atoms with Crippen molar-refractivity contribution in [2.24, 2.45) is 5.92 Å². The number of carbonyl (C=O) groups excluding carboxylic acids is 1. The Morgan fingerprint density at radius 1 is 1.42 bits per heavy atom. The molecule has 0 bridgehead atoms. The fraction of sp³-hybridized carbons (Fsp3) is 0.667. The summed E-state index contributed by atoms with van der Waals surface area (Å²) in [5.74, 6) is -1.22. The number of carboxylic acids is 1. The monoisotopic (exact) mass is 285 g/mol. The first kappa shape index (κ1) is 15.6. The molecular formula is C12H19N3O3S. The maximum atomic E-state index is 12.1. The topological polar surface area (TPSA) is 92.2 Å². The molecule has 1 heterocycles. The van der Waals surface area contributed by atoms with Crippen molar-refractivity contribution in [2.75, 3.05) is 0 Å². The number of hydrogen-bond acceptors (Lipinski definition) is 5. The fourth-order valence-electron chi connectivity index (χ4n) is 1.70. The molecule has 1 amide bonds. The molecule has 106 valence electrons. The van der Waals surface area contributed by atoms with Crippen molar-refractivity contribution < 1.29 is 14.7 Å². The molecule has 0 aliphatic carbocycles. The lowest BCUT2D eigenvalue weighted by Gasteiger charge is -2.15. The Morgan fingerprint density at radius 3 is 2.63 bits per heavy atom. The Morgan fingerprint density at radius 2 is 2.11 bits per heavy atom. The number of aliphatic carboxylic acids is 1. The zero-order chi connectivity index (χ0) is 14.4. The minimum absolute atomic E-state index is 0.191. The SMILES string of the molecule is CCCc1nnsc1C(=O)NC(CC(C)C)C(=O)O. The number of hydrogen-bond donors (Lipinski definition) is 2. The lowest BCUT2D eigenvalue weighted by Crippen LogP contribution is -2.41. The van der Waals surface area contributed by atoms with Gasteiger partial charge in [-0.15, -0.1) is 5.10 Å². The maximum absolute atomic E-state index is 12.1. The van der Waals surface area contributed by atoms with Gasteiger partial charge in [0.15, 0.2) is 0 Å². The smallest absolute Gasteiger partial charge is 0.326 e. The predicted octanol–water partition coefficient (Wildman–Crippen LogP) is 1.72. The lowest BCUT2D eigenvalue weighted by molar-refractivity contribution is -0.139. The normalized spacial score (nSPS) is 12.4. The first-order valence-corrected chi connectivity index (χ1v) is 7.07. The Kier molecular flexibility index (Phi) is 5.88. The van der Waals surface area contributed by atoms with Gasteiger partial charge in [0.05, 0.1) is 5.69 Å². The van der Waals surface area contributed by atoms with Crippen LogP contribution in [0.25, 0.3) is 0 Å². The number of aryl methyl sites for hydroxylation is 1. The third-order valence-electron chi connectivity index (χ3n) is 2.56. The molecule has 0 aromatic carbocycles. The van der Waals surface area contributed by atoms with Gasteiger partial charge in [0, 0.05) is 0 Å². The molecule has 1 atom stereocenters. The van der Waals surface area contributed by atoms with E-state index in [4.69, 9.17) is 5.11 Å². The predicted molar refractivity (Wildman–Crippen MR) is 72.2 cm³/mol. The van der Waals surface area contributed by atoms with Crippen molar-refractivity contribution in [3.63, 3.8) is 0 Å². The second-order valence-electron chi connectivity index (χ2n) is 4.79. The van der Waals surface area contributed by atoms with E-state index in [9.17, 15) is 9.59 Å². The Balaban J connectivity index is 2.76. The minimum atomic E-state index is -1.02. The third kappa shape index (κ3) is 4.59. The molecule has 1 aromatic heterocycles. The van der Waals surface area contributed by atoms with Gasteiger partial charge in [0.1, 0.15) is 10.9 Å². The summed E-state index contributed by atoms with van der Waals surface area (Å²) in [5.41, 5.74) is 0.638. The van der Waals surface area contributed by atoms with Crippen LogP contribution in [0.15, 0.2) is 0 Å². The van der Waals surface area contributed by atoms with Crippen LogP contribution in [0, 0.1) is 5.92 Å².